The van der Waals surface area contributed by atoms with E-state index in [4.69, 9.17) is 5.73 Å². The molecule has 0 spiro atoms. The van der Waals surface area contributed by atoms with Crippen molar-refractivity contribution < 1.29 is 19.0 Å². The zero-order valence-corrected chi connectivity index (χ0v) is 11.3. The molecule has 21 heavy (non-hydrogen) atoms. The predicted octanol–water partition coefficient (Wildman–Crippen LogP) is 0.526. The zero-order valence-electron chi connectivity index (χ0n) is 10.5. The van der Waals surface area contributed by atoms with Crippen LogP contribution in [0.3, 0.4) is 0 Å². The molecule has 112 valence electrons. The standard InChI is InChI=1S/C11H11F2N5O2S/c12-8(13)5-7(20)4(1-19)21-11(5)18-3-17-6-9(14)15-2-16-10(6)18/h2-4,7,11,19-20H,1H2,(H2,14,15,16)/t4-,7-,11-/m1/s1. The fourth-order valence-electron chi connectivity index (χ4n) is 2.26. The second-order valence-electron chi connectivity index (χ2n) is 4.45. The molecule has 0 amide bonds. The molecule has 7 nitrogen and oxygen atoms in total. The lowest BCUT2D eigenvalue weighted by molar-refractivity contribution is 0.165. The van der Waals surface area contributed by atoms with Gasteiger partial charge in [0, 0.05) is 0 Å². The summed E-state index contributed by atoms with van der Waals surface area (Å²) in [5, 5.41) is 17.5. The van der Waals surface area contributed by atoms with Crippen LogP contribution in [0, 0.1) is 0 Å². The van der Waals surface area contributed by atoms with Crippen LogP contribution in [0.15, 0.2) is 24.3 Å². The number of thioether (sulfide) groups is 1. The molecule has 3 atom stereocenters. The topological polar surface area (TPSA) is 110 Å². The van der Waals surface area contributed by atoms with E-state index in [1.807, 2.05) is 0 Å². The molecule has 0 aromatic carbocycles. The van der Waals surface area contributed by atoms with Crippen molar-refractivity contribution in [2.24, 2.45) is 0 Å². The lowest BCUT2D eigenvalue weighted by atomic mass is 10.1. The number of anilines is 1. The lowest BCUT2D eigenvalue weighted by Gasteiger charge is -2.13. The highest BCUT2D eigenvalue weighted by Gasteiger charge is 2.42. The summed E-state index contributed by atoms with van der Waals surface area (Å²) < 4.78 is 27.7. The fourth-order valence-corrected chi connectivity index (χ4v) is 3.64. The molecule has 0 radical (unpaired) electrons. The molecular formula is C11H11F2N5O2S. The number of fused-ring (bicyclic) bond motifs is 1. The molecular weight excluding hydrogens is 304 g/mol. The van der Waals surface area contributed by atoms with Gasteiger partial charge in [-0.25, -0.2) is 15.0 Å². The molecule has 2 aromatic rings. The van der Waals surface area contributed by atoms with Crippen LogP contribution in [0.2, 0.25) is 0 Å². The number of halogens is 2. The third-order valence-corrected chi connectivity index (χ3v) is 4.77. The first kappa shape index (κ1) is 14.2. The van der Waals surface area contributed by atoms with Gasteiger partial charge in [0.2, 0.25) is 0 Å². The second-order valence-corrected chi connectivity index (χ2v) is 5.78. The number of nitrogens with zero attached hydrogens (tertiary/aromatic N) is 4. The number of hydrogen-bond donors (Lipinski definition) is 3. The largest absolute Gasteiger partial charge is 0.395 e. The number of rotatable bonds is 2. The average Bonchev–Trinajstić information content (AvgIpc) is 3.00. The van der Waals surface area contributed by atoms with Gasteiger partial charge in [0.05, 0.1) is 29.9 Å². The van der Waals surface area contributed by atoms with Crippen molar-refractivity contribution >= 4 is 28.7 Å². The third kappa shape index (κ3) is 2.15. The molecule has 10 heteroatoms. The Hall–Kier alpha value is -1.78. The van der Waals surface area contributed by atoms with Crippen LogP contribution in [0.4, 0.5) is 14.6 Å². The highest BCUT2D eigenvalue weighted by Crippen LogP contribution is 2.48. The molecule has 3 rings (SSSR count). The molecule has 0 bridgehead atoms. The van der Waals surface area contributed by atoms with E-state index in [1.54, 1.807) is 0 Å². The normalized spacial score (nSPS) is 25.7. The number of aromatic nitrogens is 4. The molecule has 0 saturated carbocycles. The summed E-state index contributed by atoms with van der Waals surface area (Å²) >= 11 is 1.02. The first-order chi connectivity index (χ1) is 10.0. The average molecular weight is 315 g/mol. The van der Waals surface area contributed by atoms with Gasteiger partial charge in [-0.15, -0.1) is 11.8 Å². The smallest absolute Gasteiger partial charge is 0.275 e. The number of hydrogen-bond acceptors (Lipinski definition) is 7. The number of imidazole rings is 1. The van der Waals surface area contributed by atoms with Crippen LogP contribution >= 0.6 is 11.8 Å². The summed E-state index contributed by atoms with van der Waals surface area (Å²) in [6, 6.07) is 0. The van der Waals surface area contributed by atoms with Crippen LogP contribution in [-0.4, -0.2) is 47.7 Å². The Kier molecular flexibility index (Phi) is 3.51. The van der Waals surface area contributed by atoms with Gasteiger partial charge in [-0.05, 0) is 0 Å². The number of aliphatic hydroxyl groups is 2. The SMILES string of the molecule is Nc1ncnc2c1ncn2[C@@H]1S[C@H](CO)[C@@H](O)C1=C(F)F. The van der Waals surface area contributed by atoms with E-state index in [1.165, 1.54) is 17.2 Å². The molecule has 1 aliphatic rings. The van der Waals surface area contributed by atoms with E-state index in [0.717, 1.165) is 11.8 Å². The minimum atomic E-state index is -1.97. The molecule has 1 aliphatic heterocycles. The van der Waals surface area contributed by atoms with Crippen molar-refractivity contribution in [3.63, 3.8) is 0 Å². The fraction of sp³-hybridized carbons (Fsp3) is 0.364. The number of nitrogens with two attached hydrogens (primary N) is 1. The van der Waals surface area contributed by atoms with Gasteiger partial charge in [-0.1, -0.05) is 0 Å². The molecule has 1 saturated heterocycles. The minimum Gasteiger partial charge on any atom is -0.395 e. The van der Waals surface area contributed by atoms with Gasteiger partial charge in [0.15, 0.2) is 11.5 Å². The van der Waals surface area contributed by atoms with E-state index in [-0.39, 0.29) is 5.82 Å². The number of nitrogen functional groups attached to an aromatic ring is 1. The van der Waals surface area contributed by atoms with Crippen LogP contribution in [0.25, 0.3) is 11.2 Å². The van der Waals surface area contributed by atoms with Gasteiger partial charge in [-0.2, -0.15) is 8.78 Å². The quantitative estimate of drug-likeness (QED) is 0.741. The monoisotopic (exact) mass is 315 g/mol. The molecule has 0 unspecified atom stereocenters. The van der Waals surface area contributed by atoms with Gasteiger partial charge >= 0.3 is 0 Å². The van der Waals surface area contributed by atoms with Gasteiger partial charge in [0.1, 0.15) is 17.2 Å². The maximum Gasteiger partial charge on any atom is 0.275 e. The van der Waals surface area contributed by atoms with Crippen LogP contribution in [0.1, 0.15) is 5.37 Å². The molecule has 2 aromatic heterocycles. The van der Waals surface area contributed by atoms with Crippen LogP contribution in [0.5, 0.6) is 0 Å². The van der Waals surface area contributed by atoms with E-state index in [0.29, 0.717) is 11.2 Å². The Bertz CT molecular complexity index is 718. The molecule has 3 heterocycles. The van der Waals surface area contributed by atoms with Crippen LogP contribution < -0.4 is 5.73 Å². The Morgan fingerprint density at radius 1 is 1.38 bits per heavy atom. The maximum absolute atomic E-state index is 13.2. The first-order valence-electron chi connectivity index (χ1n) is 5.97. The van der Waals surface area contributed by atoms with Crippen molar-refractivity contribution in [2.45, 2.75) is 16.7 Å². The molecule has 0 aliphatic carbocycles. The Morgan fingerprint density at radius 2 is 2.14 bits per heavy atom. The van der Waals surface area contributed by atoms with Gasteiger partial charge in [0.25, 0.3) is 6.08 Å². The van der Waals surface area contributed by atoms with E-state index in [9.17, 15) is 19.0 Å². The summed E-state index contributed by atoms with van der Waals surface area (Å²) in [5.74, 6) is 0.146. The van der Waals surface area contributed by atoms with Crippen LogP contribution in [-0.2, 0) is 0 Å². The summed E-state index contributed by atoms with van der Waals surface area (Å²) in [6.45, 7) is -0.414. The van der Waals surface area contributed by atoms with Gasteiger partial charge < -0.3 is 15.9 Å². The van der Waals surface area contributed by atoms with E-state index < -0.39 is 35.0 Å². The van der Waals surface area contributed by atoms with E-state index in [2.05, 4.69) is 15.0 Å². The predicted molar refractivity (Wildman–Crippen MR) is 72.5 cm³/mol. The highest BCUT2D eigenvalue weighted by molar-refractivity contribution is 8.00. The number of aliphatic hydroxyl groups excluding tert-OH is 2. The summed E-state index contributed by atoms with van der Waals surface area (Å²) in [7, 11) is 0. The van der Waals surface area contributed by atoms with Crippen molar-refractivity contribution in [1.82, 2.24) is 19.5 Å². The van der Waals surface area contributed by atoms with E-state index >= 15 is 0 Å². The third-order valence-electron chi connectivity index (χ3n) is 3.28. The van der Waals surface area contributed by atoms with Gasteiger partial charge in [-0.3, -0.25) is 4.57 Å². The Labute approximate surface area is 121 Å². The first-order valence-corrected chi connectivity index (χ1v) is 6.91. The summed E-state index contributed by atoms with van der Waals surface area (Å²) in [5.41, 5.74) is 5.81. The summed E-state index contributed by atoms with van der Waals surface area (Å²) in [6.07, 6.45) is -0.862. The molecule has 1 fully saturated rings. The summed E-state index contributed by atoms with van der Waals surface area (Å²) in [4.78, 5) is 11.8. The Balaban J connectivity index is 2.14. The zero-order chi connectivity index (χ0) is 15.1. The Morgan fingerprint density at radius 3 is 2.81 bits per heavy atom. The minimum absolute atomic E-state index is 0.146. The highest BCUT2D eigenvalue weighted by atomic mass is 32.2. The van der Waals surface area contributed by atoms with Crippen molar-refractivity contribution in [1.29, 1.82) is 0 Å². The molecule has 4 N–H and O–H groups in total. The van der Waals surface area contributed by atoms with Crippen molar-refractivity contribution in [2.75, 3.05) is 12.3 Å². The van der Waals surface area contributed by atoms with Crippen molar-refractivity contribution in [3.05, 3.63) is 24.3 Å². The lowest BCUT2D eigenvalue weighted by Crippen LogP contribution is -2.23. The van der Waals surface area contributed by atoms with Crippen molar-refractivity contribution in [3.8, 4) is 0 Å². The second kappa shape index (κ2) is 5.20. The maximum atomic E-state index is 13.2.